The summed E-state index contributed by atoms with van der Waals surface area (Å²) >= 11 is 11.6. The third kappa shape index (κ3) is 2.42. The van der Waals surface area contributed by atoms with E-state index in [1.165, 1.54) is 0 Å². The Labute approximate surface area is 101 Å². The highest BCUT2D eigenvalue weighted by atomic mass is 35.5. The molecule has 92 valence electrons. The monoisotopic (exact) mass is 299 g/mol. The maximum Gasteiger partial charge on any atom is 0.455 e. The molecule has 0 radical (unpaired) electrons. The molecule has 1 aromatic rings. The first-order valence-electron chi connectivity index (χ1n) is 3.72. The molecule has 0 aliphatic carbocycles. The second-order valence-corrected chi connectivity index (χ2v) is 5.16. The lowest BCUT2D eigenvalue weighted by atomic mass is 10.0. The second-order valence-electron chi connectivity index (χ2n) is 2.88. The van der Waals surface area contributed by atoms with Crippen molar-refractivity contribution in [3.8, 4) is 0 Å². The topological polar surface area (TPSA) is 26.0 Å². The Hall–Kier alpha value is -0.110. The quantitative estimate of drug-likeness (QED) is 0.812. The Bertz CT molecular complexity index is 389. The number of hydrogen-bond donors (Lipinski definition) is 1. The predicted octanol–water partition coefficient (Wildman–Crippen LogP) is 4.25. The van der Waals surface area contributed by atoms with Gasteiger partial charge in [0.2, 0.25) is 0 Å². The fourth-order valence-electron chi connectivity index (χ4n) is 0.937. The Morgan fingerprint density at radius 1 is 1.19 bits per heavy atom. The Kier molecular flexibility index (Phi) is 3.74. The Morgan fingerprint density at radius 3 is 2.00 bits per heavy atom. The summed E-state index contributed by atoms with van der Waals surface area (Å²) in [6, 6.07) is -1.66. The summed E-state index contributed by atoms with van der Waals surface area (Å²) in [6.45, 7) is 0. The minimum Gasteiger partial charge on any atom is -0.319 e. The van der Waals surface area contributed by atoms with Crippen LogP contribution in [0, 0.1) is 0 Å². The summed E-state index contributed by atoms with van der Waals surface area (Å²) in [5.74, 6) is -5.05. The van der Waals surface area contributed by atoms with E-state index >= 15 is 0 Å². The summed E-state index contributed by atoms with van der Waals surface area (Å²) in [4.78, 5) is 0. The van der Waals surface area contributed by atoms with Gasteiger partial charge >= 0.3 is 12.1 Å². The molecule has 0 bridgehead atoms. The lowest BCUT2D eigenvalue weighted by Crippen LogP contribution is -2.45. The molecule has 16 heavy (non-hydrogen) atoms. The zero-order valence-electron chi connectivity index (χ0n) is 7.29. The summed E-state index contributed by atoms with van der Waals surface area (Å²) in [6.07, 6.45) is -5.73. The number of rotatable bonds is 2. The molecule has 1 atom stereocenters. The SMILES string of the molecule is NC(c1cc(Cl)sc1Cl)C(F)(F)C(F)(F)F. The van der Waals surface area contributed by atoms with E-state index in [2.05, 4.69) is 0 Å². The largest absolute Gasteiger partial charge is 0.455 e. The van der Waals surface area contributed by atoms with Crippen molar-refractivity contribution < 1.29 is 22.0 Å². The van der Waals surface area contributed by atoms with E-state index in [1.807, 2.05) is 0 Å². The molecular formula is C7H4Cl2F5NS. The molecule has 1 rings (SSSR count). The first-order chi connectivity index (χ1) is 7.07. The molecule has 0 saturated carbocycles. The van der Waals surface area contributed by atoms with E-state index in [0.29, 0.717) is 11.3 Å². The number of hydrogen-bond acceptors (Lipinski definition) is 2. The van der Waals surface area contributed by atoms with E-state index in [9.17, 15) is 22.0 Å². The van der Waals surface area contributed by atoms with Crippen molar-refractivity contribution in [3.63, 3.8) is 0 Å². The molecule has 9 heteroatoms. The van der Waals surface area contributed by atoms with Gasteiger partial charge in [0.15, 0.2) is 0 Å². The predicted molar refractivity (Wildman–Crippen MR) is 52.3 cm³/mol. The van der Waals surface area contributed by atoms with Gasteiger partial charge in [0.1, 0.15) is 6.04 Å². The maximum atomic E-state index is 12.9. The number of nitrogens with two attached hydrogens (primary N) is 1. The smallest absolute Gasteiger partial charge is 0.319 e. The molecular weight excluding hydrogens is 296 g/mol. The highest BCUT2D eigenvalue weighted by Crippen LogP contribution is 2.46. The molecule has 0 fully saturated rings. The maximum absolute atomic E-state index is 12.9. The van der Waals surface area contributed by atoms with Crippen LogP contribution in [0.1, 0.15) is 11.6 Å². The van der Waals surface area contributed by atoms with E-state index in [1.54, 1.807) is 0 Å². The van der Waals surface area contributed by atoms with Crippen LogP contribution in [0.2, 0.25) is 8.67 Å². The van der Waals surface area contributed by atoms with Gasteiger partial charge in [-0.05, 0) is 6.07 Å². The molecule has 1 nitrogen and oxygen atoms in total. The molecule has 0 spiro atoms. The molecule has 0 aromatic carbocycles. The average molecular weight is 300 g/mol. The lowest BCUT2D eigenvalue weighted by Gasteiger charge is -2.25. The van der Waals surface area contributed by atoms with Crippen LogP contribution in [0.15, 0.2) is 6.07 Å². The van der Waals surface area contributed by atoms with Gasteiger partial charge in [0.25, 0.3) is 0 Å². The summed E-state index contributed by atoms with van der Waals surface area (Å²) < 4.78 is 61.4. The summed E-state index contributed by atoms with van der Waals surface area (Å²) in [5, 5.41) is 0. The number of thiophene rings is 1. The molecule has 1 aromatic heterocycles. The van der Waals surface area contributed by atoms with Gasteiger partial charge in [-0.2, -0.15) is 22.0 Å². The molecule has 2 N–H and O–H groups in total. The molecule has 0 saturated heterocycles. The van der Waals surface area contributed by atoms with Gasteiger partial charge in [-0.1, -0.05) is 23.2 Å². The zero-order valence-corrected chi connectivity index (χ0v) is 9.61. The van der Waals surface area contributed by atoms with Crippen LogP contribution in [0.4, 0.5) is 22.0 Å². The Balaban J connectivity index is 3.11. The van der Waals surface area contributed by atoms with Gasteiger partial charge in [-0.3, -0.25) is 0 Å². The van der Waals surface area contributed by atoms with Crippen LogP contribution in [0.3, 0.4) is 0 Å². The summed E-state index contributed by atoms with van der Waals surface area (Å²) in [5.41, 5.74) is 4.35. The van der Waals surface area contributed by atoms with Crippen LogP contribution >= 0.6 is 34.5 Å². The van der Waals surface area contributed by atoms with Crippen molar-refractivity contribution in [3.05, 3.63) is 20.3 Å². The normalized spacial score (nSPS) is 15.2. The van der Waals surface area contributed by atoms with Crippen LogP contribution in [-0.4, -0.2) is 12.1 Å². The minimum absolute atomic E-state index is 0.00609. The summed E-state index contributed by atoms with van der Waals surface area (Å²) in [7, 11) is 0. The number of halogens is 7. The Morgan fingerprint density at radius 2 is 1.69 bits per heavy atom. The third-order valence-corrected chi connectivity index (χ3v) is 3.30. The first-order valence-corrected chi connectivity index (χ1v) is 5.29. The van der Waals surface area contributed by atoms with E-state index in [-0.39, 0.29) is 8.67 Å². The first kappa shape index (κ1) is 14.0. The standard InChI is InChI=1S/C7H4Cl2F5NS/c8-3-1-2(5(9)16-3)4(15)6(10,11)7(12,13)14/h1,4H,15H2. The number of alkyl halides is 5. The average Bonchev–Trinajstić information content (AvgIpc) is 2.41. The van der Waals surface area contributed by atoms with E-state index < -0.39 is 23.7 Å². The zero-order chi connectivity index (χ0) is 12.7. The van der Waals surface area contributed by atoms with Gasteiger partial charge < -0.3 is 5.73 Å². The fraction of sp³-hybridized carbons (Fsp3) is 0.429. The van der Waals surface area contributed by atoms with E-state index in [4.69, 9.17) is 28.9 Å². The van der Waals surface area contributed by atoms with Crippen molar-refractivity contribution in [1.29, 1.82) is 0 Å². The van der Waals surface area contributed by atoms with Gasteiger partial charge in [0.05, 0.1) is 8.67 Å². The van der Waals surface area contributed by atoms with Crippen molar-refractivity contribution >= 4 is 34.5 Å². The molecule has 0 aliphatic heterocycles. The van der Waals surface area contributed by atoms with Crippen molar-refractivity contribution in [2.75, 3.05) is 0 Å². The van der Waals surface area contributed by atoms with E-state index in [0.717, 1.165) is 6.07 Å². The van der Waals surface area contributed by atoms with Crippen molar-refractivity contribution in [2.24, 2.45) is 5.73 Å². The van der Waals surface area contributed by atoms with Gasteiger partial charge in [0, 0.05) is 5.56 Å². The second kappa shape index (κ2) is 4.29. The van der Waals surface area contributed by atoms with Crippen LogP contribution in [0.5, 0.6) is 0 Å². The molecule has 0 aliphatic rings. The van der Waals surface area contributed by atoms with Crippen molar-refractivity contribution in [2.45, 2.75) is 18.1 Å². The van der Waals surface area contributed by atoms with Crippen LogP contribution in [0.25, 0.3) is 0 Å². The molecule has 0 amide bonds. The van der Waals surface area contributed by atoms with Crippen molar-refractivity contribution in [1.82, 2.24) is 0 Å². The van der Waals surface area contributed by atoms with Gasteiger partial charge in [-0.15, -0.1) is 11.3 Å². The lowest BCUT2D eigenvalue weighted by molar-refractivity contribution is -0.290. The minimum atomic E-state index is -5.73. The highest BCUT2D eigenvalue weighted by Gasteiger charge is 2.62. The molecule has 1 heterocycles. The van der Waals surface area contributed by atoms with Crippen LogP contribution in [-0.2, 0) is 0 Å². The van der Waals surface area contributed by atoms with Gasteiger partial charge in [-0.25, -0.2) is 0 Å². The van der Waals surface area contributed by atoms with Crippen LogP contribution < -0.4 is 5.73 Å². The fourth-order valence-corrected chi connectivity index (χ4v) is 2.49. The third-order valence-electron chi connectivity index (χ3n) is 1.79. The highest BCUT2D eigenvalue weighted by molar-refractivity contribution is 7.20. The molecule has 1 unspecified atom stereocenters.